The average molecular weight is 680 g/mol. The van der Waals surface area contributed by atoms with Crippen molar-refractivity contribution in [2.75, 3.05) is 10.7 Å². The lowest BCUT2D eigenvalue weighted by Gasteiger charge is -2.28. The van der Waals surface area contributed by atoms with E-state index in [0.29, 0.717) is 22.9 Å². The molecule has 0 fully saturated rings. The molecule has 0 unspecified atom stereocenters. The number of amides is 4. The van der Waals surface area contributed by atoms with Crippen LogP contribution in [0.4, 0.5) is 23.7 Å². The Morgan fingerprint density at radius 2 is 1.75 bits per heavy atom. The number of furan rings is 1. The lowest BCUT2D eigenvalue weighted by molar-refractivity contribution is -0.137. The van der Waals surface area contributed by atoms with Gasteiger partial charge in [0.05, 0.1) is 30.6 Å². The molecule has 0 saturated heterocycles. The number of anilines is 1. The number of rotatable bonds is 11. The van der Waals surface area contributed by atoms with Crippen LogP contribution in [0.25, 0.3) is 11.1 Å². The number of carbonyl (C=O) groups excluding carboxylic acids is 3. The first-order valence-electron chi connectivity index (χ1n) is 15.2. The number of benzene rings is 3. The Balaban J connectivity index is 1.36. The molecule has 1 atom stereocenters. The lowest BCUT2D eigenvalue weighted by Crippen LogP contribution is -2.51. The largest absolute Gasteiger partial charge is 0.468 e. The highest BCUT2D eigenvalue weighted by Gasteiger charge is 2.36. The van der Waals surface area contributed by atoms with Gasteiger partial charge in [-0.15, -0.1) is 11.8 Å². The number of fused-ring (bicyclic) bond motifs is 1. The quantitative estimate of drug-likeness (QED) is 0.149. The molecule has 48 heavy (non-hydrogen) atoms. The molecule has 0 saturated carbocycles. The molecule has 252 valence electrons. The second kappa shape index (κ2) is 14.6. The first-order chi connectivity index (χ1) is 22.8. The summed E-state index contributed by atoms with van der Waals surface area (Å²) in [4.78, 5) is 40.2. The Morgan fingerprint density at radius 3 is 2.44 bits per heavy atom. The molecular formula is C35H36F3N5O4S. The van der Waals surface area contributed by atoms with Crippen LogP contribution in [-0.2, 0) is 35.4 Å². The summed E-state index contributed by atoms with van der Waals surface area (Å²) in [6.45, 7) is 4.43. The van der Waals surface area contributed by atoms with Gasteiger partial charge in [0.1, 0.15) is 11.8 Å². The van der Waals surface area contributed by atoms with Gasteiger partial charge in [0.2, 0.25) is 5.91 Å². The van der Waals surface area contributed by atoms with Crippen molar-refractivity contribution in [1.29, 1.82) is 0 Å². The van der Waals surface area contributed by atoms with Gasteiger partial charge in [-0.05, 0) is 66.4 Å². The fourth-order valence-corrected chi connectivity index (χ4v) is 6.51. The zero-order valence-corrected chi connectivity index (χ0v) is 27.2. The molecule has 5 N–H and O–H groups in total. The molecule has 5 rings (SSSR count). The zero-order valence-electron chi connectivity index (χ0n) is 26.4. The standard InChI is InChI=1S/C35H36F3N5O4S/c1-34(2,41-19-26-7-5-15-47-26)17-31(44)42-28-21-48-30-16-25(35(36,37)38)13-14-29(30)43(32(28)45)20-22-9-11-23(12-10-22)27-8-4-3-6-24(27)18-40-33(39)46/h3-16,28,41H,17-21H2,1-2H3,(H,42,44)(H3,39,40,46)/t28-/m1/s1. The van der Waals surface area contributed by atoms with Crippen molar-refractivity contribution < 1.29 is 32.0 Å². The molecule has 0 bridgehead atoms. The summed E-state index contributed by atoms with van der Waals surface area (Å²) in [5, 5.41) is 8.71. The summed E-state index contributed by atoms with van der Waals surface area (Å²) < 4.78 is 46.3. The SMILES string of the molecule is CC(C)(CC(=O)N[C@@H]1CSc2cc(C(F)(F)F)ccc2N(Cc2ccc(-c3ccccc3CNC(N)=O)cc2)C1=O)NCc1ccco1. The number of alkyl halides is 3. The maximum atomic E-state index is 14.0. The third kappa shape index (κ3) is 8.78. The first-order valence-corrected chi connectivity index (χ1v) is 16.2. The van der Waals surface area contributed by atoms with Crippen LogP contribution >= 0.6 is 11.8 Å². The highest BCUT2D eigenvalue weighted by Crippen LogP contribution is 2.40. The summed E-state index contributed by atoms with van der Waals surface area (Å²) >= 11 is 1.10. The number of urea groups is 1. The molecule has 13 heteroatoms. The van der Waals surface area contributed by atoms with E-state index in [1.807, 2.05) is 68.4 Å². The Morgan fingerprint density at radius 1 is 1.00 bits per heavy atom. The molecule has 0 radical (unpaired) electrons. The summed E-state index contributed by atoms with van der Waals surface area (Å²) in [7, 11) is 0. The average Bonchev–Trinajstić information content (AvgIpc) is 3.53. The number of hydrogen-bond donors (Lipinski definition) is 4. The fraction of sp³-hybridized carbons (Fsp3) is 0.286. The molecule has 0 spiro atoms. The highest BCUT2D eigenvalue weighted by molar-refractivity contribution is 7.99. The van der Waals surface area contributed by atoms with Gasteiger partial charge in [0, 0.05) is 29.2 Å². The maximum absolute atomic E-state index is 14.0. The summed E-state index contributed by atoms with van der Waals surface area (Å²) in [6.07, 6.45) is -2.95. The predicted octanol–water partition coefficient (Wildman–Crippen LogP) is 6.22. The fourth-order valence-electron chi connectivity index (χ4n) is 5.41. The van der Waals surface area contributed by atoms with Crippen LogP contribution in [0, 0.1) is 0 Å². The summed E-state index contributed by atoms with van der Waals surface area (Å²) in [6, 6.07) is 20.2. The van der Waals surface area contributed by atoms with Crippen molar-refractivity contribution in [3.05, 3.63) is 108 Å². The number of nitrogens with one attached hydrogen (secondary N) is 3. The van der Waals surface area contributed by atoms with Crippen LogP contribution < -0.4 is 26.6 Å². The summed E-state index contributed by atoms with van der Waals surface area (Å²) in [5.41, 5.74) is 7.46. The molecule has 1 aliphatic rings. The molecule has 4 amide bonds. The number of carbonyl (C=O) groups is 3. The number of nitrogens with zero attached hydrogens (tertiary/aromatic N) is 1. The molecule has 2 heterocycles. The Labute approximate surface area is 280 Å². The molecule has 9 nitrogen and oxygen atoms in total. The number of nitrogens with two attached hydrogens (primary N) is 1. The molecule has 1 aliphatic heterocycles. The Hall–Kier alpha value is -4.75. The predicted molar refractivity (Wildman–Crippen MR) is 178 cm³/mol. The minimum Gasteiger partial charge on any atom is -0.468 e. The monoisotopic (exact) mass is 679 g/mol. The molecular weight excluding hydrogens is 643 g/mol. The maximum Gasteiger partial charge on any atom is 0.416 e. The smallest absolute Gasteiger partial charge is 0.416 e. The van der Waals surface area contributed by atoms with Crippen LogP contribution in [-0.4, -0.2) is 35.2 Å². The van der Waals surface area contributed by atoms with Gasteiger partial charge in [-0.3, -0.25) is 9.59 Å². The van der Waals surface area contributed by atoms with E-state index in [-0.39, 0.29) is 31.2 Å². The lowest BCUT2D eigenvalue weighted by atomic mass is 9.98. The van der Waals surface area contributed by atoms with E-state index in [1.54, 1.807) is 12.3 Å². The number of primary amides is 1. The normalized spacial score (nSPS) is 15.1. The second-order valence-electron chi connectivity index (χ2n) is 12.1. The first kappa shape index (κ1) is 34.6. The van der Waals surface area contributed by atoms with Gasteiger partial charge in [-0.2, -0.15) is 13.2 Å². The Bertz CT molecular complexity index is 1760. The van der Waals surface area contributed by atoms with Gasteiger partial charge >= 0.3 is 12.2 Å². The van der Waals surface area contributed by atoms with E-state index in [0.717, 1.165) is 46.1 Å². The van der Waals surface area contributed by atoms with Crippen LogP contribution in [0.3, 0.4) is 0 Å². The second-order valence-corrected chi connectivity index (χ2v) is 13.2. The van der Waals surface area contributed by atoms with Crippen LogP contribution in [0.5, 0.6) is 0 Å². The highest BCUT2D eigenvalue weighted by atomic mass is 32.2. The topological polar surface area (TPSA) is 130 Å². The number of hydrogen-bond acceptors (Lipinski definition) is 6. The third-order valence-corrected chi connectivity index (χ3v) is 9.02. The van der Waals surface area contributed by atoms with Crippen molar-refractivity contribution >= 4 is 35.3 Å². The van der Waals surface area contributed by atoms with Gasteiger partial charge in [-0.25, -0.2) is 4.79 Å². The third-order valence-electron chi connectivity index (χ3n) is 7.88. The Kier molecular flexibility index (Phi) is 10.5. The van der Waals surface area contributed by atoms with E-state index >= 15 is 0 Å². The van der Waals surface area contributed by atoms with E-state index < -0.39 is 35.3 Å². The molecule has 0 aliphatic carbocycles. The van der Waals surface area contributed by atoms with Crippen molar-refractivity contribution in [1.82, 2.24) is 16.0 Å². The minimum absolute atomic E-state index is 0.0468. The van der Waals surface area contributed by atoms with E-state index in [1.165, 1.54) is 11.0 Å². The molecule has 3 aromatic carbocycles. The number of thioether (sulfide) groups is 1. The summed E-state index contributed by atoms with van der Waals surface area (Å²) in [5.74, 6) is -0.0305. The number of halogens is 3. The van der Waals surface area contributed by atoms with E-state index in [4.69, 9.17) is 10.2 Å². The van der Waals surface area contributed by atoms with Crippen LogP contribution in [0.15, 0.2) is 94.4 Å². The van der Waals surface area contributed by atoms with Gasteiger partial charge < -0.3 is 31.0 Å². The van der Waals surface area contributed by atoms with Gasteiger partial charge in [-0.1, -0.05) is 48.5 Å². The molecule has 1 aromatic heterocycles. The van der Waals surface area contributed by atoms with Crippen LogP contribution in [0.2, 0.25) is 0 Å². The zero-order chi connectivity index (χ0) is 34.5. The van der Waals surface area contributed by atoms with Crippen LogP contribution in [0.1, 0.15) is 42.7 Å². The molecule has 4 aromatic rings. The van der Waals surface area contributed by atoms with Crippen molar-refractivity contribution in [3.8, 4) is 11.1 Å². The van der Waals surface area contributed by atoms with Crippen molar-refractivity contribution in [2.24, 2.45) is 5.73 Å². The van der Waals surface area contributed by atoms with E-state index in [9.17, 15) is 27.6 Å². The minimum atomic E-state index is -4.56. The van der Waals surface area contributed by atoms with Gasteiger partial charge in [0.15, 0.2) is 0 Å². The van der Waals surface area contributed by atoms with Crippen molar-refractivity contribution in [2.45, 2.75) is 62.6 Å². The van der Waals surface area contributed by atoms with Gasteiger partial charge in [0.25, 0.3) is 5.91 Å². The van der Waals surface area contributed by atoms with E-state index in [2.05, 4.69) is 16.0 Å². The van der Waals surface area contributed by atoms with Crippen molar-refractivity contribution in [3.63, 3.8) is 0 Å².